The molecule has 1 aromatic rings. The summed E-state index contributed by atoms with van der Waals surface area (Å²) in [6, 6.07) is -0.0557. The summed E-state index contributed by atoms with van der Waals surface area (Å²) in [4.78, 5) is 16.1. The second kappa shape index (κ2) is 5.20. The molecule has 0 aromatic carbocycles. The topological polar surface area (TPSA) is 79.5 Å². The first-order valence-electron chi connectivity index (χ1n) is 4.42. The van der Waals surface area contributed by atoms with Crippen LogP contribution in [0.5, 0.6) is 0 Å². The van der Waals surface area contributed by atoms with E-state index >= 15 is 0 Å². The number of aromatic nitrogens is 1. The summed E-state index contributed by atoms with van der Waals surface area (Å²) in [6.45, 7) is -0.515. The fourth-order valence-electron chi connectivity index (χ4n) is 1.09. The van der Waals surface area contributed by atoms with Crippen LogP contribution in [0.4, 0.5) is 10.2 Å². The first-order chi connectivity index (χ1) is 7.47. The van der Waals surface area contributed by atoms with Crippen molar-refractivity contribution in [2.24, 2.45) is 5.73 Å². The van der Waals surface area contributed by atoms with E-state index in [1.54, 1.807) is 0 Å². The van der Waals surface area contributed by atoms with Gasteiger partial charge in [-0.3, -0.25) is 9.69 Å². The van der Waals surface area contributed by atoms with Crippen LogP contribution in [0, 0.1) is 5.82 Å². The molecule has 1 heterocycles. The van der Waals surface area contributed by atoms with Crippen LogP contribution in [-0.2, 0) is 4.79 Å². The maximum absolute atomic E-state index is 13.4. The zero-order chi connectivity index (χ0) is 12.3. The standard InChI is InChI=1S/C9H11ClFN3O2/c1-14(9(16)7(12)4-15)8-6(11)2-5(10)3-13-8/h2-3,7,15H,4,12H2,1H3/t7-/m0/s1. The van der Waals surface area contributed by atoms with Crippen LogP contribution in [0.1, 0.15) is 0 Å². The van der Waals surface area contributed by atoms with Crippen LogP contribution in [-0.4, -0.2) is 35.7 Å². The number of halogens is 2. The maximum atomic E-state index is 13.4. The van der Waals surface area contributed by atoms with Gasteiger partial charge in [0, 0.05) is 13.2 Å². The van der Waals surface area contributed by atoms with Gasteiger partial charge in [0.15, 0.2) is 11.6 Å². The minimum Gasteiger partial charge on any atom is -0.394 e. The van der Waals surface area contributed by atoms with Crippen molar-refractivity contribution >= 4 is 23.3 Å². The summed E-state index contributed by atoms with van der Waals surface area (Å²) < 4.78 is 13.4. The highest BCUT2D eigenvalue weighted by atomic mass is 35.5. The van der Waals surface area contributed by atoms with Gasteiger partial charge in [-0.05, 0) is 6.07 Å². The summed E-state index contributed by atoms with van der Waals surface area (Å²) in [5, 5.41) is 8.84. The highest BCUT2D eigenvalue weighted by Gasteiger charge is 2.21. The third-order valence-corrected chi connectivity index (χ3v) is 2.16. The Kier molecular flexibility index (Phi) is 4.17. The third kappa shape index (κ3) is 2.66. The van der Waals surface area contributed by atoms with Crippen molar-refractivity contribution in [3.63, 3.8) is 0 Å². The molecule has 0 aliphatic carbocycles. The molecule has 1 aromatic heterocycles. The highest BCUT2D eigenvalue weighted by Crippen LogP contribution is 2.18. The largest absolute Gasteiger partial charge is 0.394 e. The van der Waals surface area contributed by atoms with E-state index in [2.05, 4.69) is 4.98 Å². The van der Waals surface area contributed by atoms with Crippen molar-refractivity contribution in [1.82, 2.24) is 4.98 Å². The molecular weight excluding hydrogens is 237 g/mol. The molecule has 0 bridgehead atoms. The van der Waals surface area contributed by atoms with E-state index in [1.807, 2.05) is 0 Å². The first-order valence-corrected chi connectivity index (χ1v) is 4.80. The van der Waals surface area contributed by atoms with Gasteiger partial charge in [0.25, 0.3) is 0 Å². The lowest BCUT2D eigenvalue weighted by Gasteiger charge is -2.19. The number of pyridine rings is 1. The number of anilines is 1. The molecule has 1 rings (SSSR count). The summed E-state index contributed by atoms with van der Waals surface area (Å²) in [7, 11) is 1.32. The third-order valence-electron chi connectivity index (χ3n) is 1.95. The number of nitrogens with zero attached hydrogens (tertiary/aromatic N) is 2. The van der Waals surface area contributed by atoms with E-state index in [0.29, 0.717) is 0 Å². The summed E-state index contributed by atoms with van der Waals surface area (Å²) >= 11 is 5.52. The molecule has 0 radical (unpaired) electrons. The van der Waals surface area contributed by atoms with Crippen molar-refractivity contribution in [1.29, 1.82) is 0 Å². The van der Waals surface area contributed by atoms with Crippen LogP contribution in [0.3, 0.4) is 0 Å². The lowest BCUT2D eigenvalue weighted by molar-refractivity contribution is -0.120. The lowest BCUT2D eigenvalue weighted by atomic mass is 10.3. The molecule has 0 aliphatic heterocycles. The van der Waals surface area contributed by atoms with Gasteiger partial charge in [-0.2, -0.15) is 0 Å². The van der Waals surface area contributed by atoms with E-state index in [9.17, 15) is 9.18 Å². The van der Waals surface area contributed by atoms with Crippen LogP contribution >= 0.6 is 11.6 Å². The monoisotopic (exact) mass is 247 g/mol. The second-order valence-corrected chi connectivity index (χ2v) is 3.58. The van der Waals surface area contributed by atoms with Crippen molar-refractivity contribution < 1.29 is 14.3 Å². The number of aliphatic hydroxyl groups excluding tert-OH is 1. The number of hydrogen-bond donors (Lipinski definition) is 2. The minimum absolute atomic E-state index is 0.133. The lowest BCUT2D eigenvalue weighted by Crippen LogP contribution is -2.44. The van der Waals surface area contributed by atoms with Gasteiger partial charge < -0.3 is 10.8 Å². The van der Waals surface area contributed by atoms with Crippen LogP contribution in [0.15, 0.2) is 12.3 Å². The summed E-state index contributed by atoms with van der Waals surface area (Å²) in [5.41, 5.74) is 5.32. The number of hydrogen-bond acceptors (Lipinski definition) is 4. The van der Waals surface area contributed by atoms with E-state index in [0.717, 1.165) is 11.0 Å². The number of rotatable bonds is 3. The molecule has 1 atom stereocenters. The molecule has 0 saturated carbocycles. The van der Waals surface area contributed by atoms with Crippen molar-refractivity contribution in [3.05, 3.63) is 23.1 Å². The average Bonchev–Trinajstić information content (AvgIpc) is 2.26. The minimum atomic E-state index is -1.10. The number of aliphatic hydroxyl groups is 1. The molecule has 0 fully saturated rings. The van der Waals surface area contributed by atoms with Crippen molar-refractivity contribution in [3.8, 4) is 0 Å². The van der Waals surface area contributed by atoms with Crippen LogP contribution in [0.2, 0.25) is 5.02 Å². The Morgan fingerprint density at radius 3 is 2.94 bits per heavy atom. The smallest absolute Gasteiger partial charge is 0.247 e. The molecule has 0 spiro atoms. The predicted octanol–water partition coefficient (Wildman–Crippen LogP) is 0.157. The van der Waals surface area contributed by atoms with Gasteiger partial charge >= 0.3 is 0 Å². The van der Waals surface area contributed by atoms with E-state index < -0.39 is 24.4 Å². The average molecular weight is 248 g/mol. The SMILES string of the molecule is CN(C(=O)[C@@H](N)CO)c1ncc(Cl)cc1F. The van der Waals surface area contributed by atoms with Gasteiger partial charge in [0.1, 0.15) is 6.04 Å². The van der Waals surface area contributed by atoms with Gasteiger partial charge in [-0.25, -0.2) is 9.37 Å². The Morgan fingerprint density at radius 2 is 2.44 bits per heavy atom. The Morgan fingerprint density at radius 1 is 1.81 bits per heavy atom. The Hall–Kier alpha value is -1.24. The first kappa shape index (κ1) is 12.8. The Balaban J connectivity index is 2.96. The molecule has 7 heteroatoms. The van der Waals surface area contributed by atoms with Crippen LogP contribution < -0.4 is 10.6 Å². The van der Waals surface area contributed by atoms with Gasteiger partial charge in [-0.15, -0.1) is 0 Å². The van der Waals surface area contributed by atoms with Crippen LogP contribution in [0.25, 0.3) is 0 Å². The molecule has 0 saturated heterocycles. The van der Waals surface area contributed by atoms with E-state index in [1.165, 1.54) is 13.2 Å². The van der Waals surface area contributed by atoms with Crippen molar-refractivity contribution in [2.45, 2.75) is 6.04 Å². The second-order valence-electron chi connectivity index (χ2n) is 3.15. The fraction of sp³-hybridized carbons (Fsp3) is 0.333. The zero-order valence-electron chi connectivity index (χ0n) is 8.52. The molecule has 0 unspecified atom stereocenters. The normalized spacial score (nSPS) is 12.3. The maximum Gasteiger partial charge on any atom is 0.247 e. The molecule has 5 nitrogen and oxygen atoms in total. The number of nitrogens with two attached hydrogens (primary N) is 1. The number of likely N-dealkylation sites (N-methyl/N-ethyl adjacent to an activating group) is 1. The quantitative estimate of drug-likeness (QED) is 0.797. The molecule has 16 heavy (non-hydrogen) atoms. The Bertz CT molecular complexity index is 402. The highest BCUT2D eigenvalue weighted by molar-refractivity contribution is 6.30. The molecule has 3 N–H and O–H groups in total. The number of carbonyl (C=O) groups is 1. The van der Waals surface area contributed by atoms with E-state index in [4.69, 9.17) is 22.4 Å². The Labute approximate surface area is 96.6 Å². The molecule has 1 amide bonds. The molecule has 0 aliphatic rings. The molecule has 88 valence electrons. The summed E-state index contributed by atoms with van der Waals surface area (Å²) in [5.74, 6) is -1.54. The van der Waals surface area contributed by atoms with Gasteiger partial charge in [-0.1, -0.05) is 11.6 Å². The fourth-order valence-corrected chi connectivity index (χ4v) is 1.23. The summed E-state index contributed by atoms with van der Waals surface area (Å²) in [6.07, 6.45) is 1.22. The number of carbonyl (C=O) groups excluding carboxylic acids is 1. The predicted molar refractivity (Wildman–Crippen MR) is 57.7 cm³/mol. The van der Waals surface area contributed by atoms with E-state index in [-0.39, 0.29) is 10.8 Å². The van der Waals surface area contributed by atoms with Gasteiger partial charge in [0.05, 0.1) is 11.6 Å². The van der Waals surface area contributed by atoms with Gasteiger partial charge in [0.2, 0.25) is 5.91 Å². The zero-order valence-corrected chi connectivity index (χ0v) is 9.28. The molecular formula is C9H11ClFN3O2. The number of amides is 1. The van der Waals surface area contributed by atoms with Crippen molar-refractivity contribution in [2.75, 3.05) is 18.6 Å².